The molecule has 2 amide bonds. The molecule has 0 unspecified atom stereocenters. The number of rotatable bonds is 6. The van der Waals surface area contributed by atoms with Crippen molar-refractivity contribution in [2.24, 2.45) is 0 Å². The topological polar surface area (TPSA) is 56.8 Å². The monoisotopic (exact) mass is 372 g/mol. The predicted molar refractivity (Wildman–Crippen MR) is 105 cm³/mol. The van der Waals surface area contributed by atoms with Crippen LogP contribution in [0.25, 0.3) is 0 Å². The van der Waals surface area contributed by atoms with Crippen molar-refractivity contribution in [3.8, 4) is 5.75 Å². The third kappa shape index (κ3) is 5.59. The summed E-state index contributed by atoms with van der Waals surface area (Å²) < 4.78 is 18.1. The van der Waals surface area contributed by atoms with Gasteiger partial charge in [0.2, 0.25) is 0 Å². The number of carbonyl (C=O) groups excluding carboxylic acids is 1. The van der Waals surface area contributed by atoms with Gasteiger partial charge in [0.25, 0.3) is 0 Å². The summed E-state index contributed by atoms with van der Waals surface area (Å²) in [6, 6.07) is 13.5. The van der Waals surface area contributed by atoms with Crippen LogP contribution in [0.15, 0.2) is 48.5 Å². The van der Waals surface area contributed by atoms with Gasteiger partial charge in [-0.15, -0.1) is 0 Å². The van der Waals surface area contributed by atoms with Gasteiger partial charge in [-0.05, 0) is 48.5 Å². The van der Waals surface area contributed by atoms with Crippen LogP contribution in [0.5, 0.6) is 5.75 Å². The number of carbonyl (C=O) groups is 1. The van der Waals surface area contributed by atoms with Gasteiger partial charge in [0, 0.05) is 50.6 Å². The van der Waals surface area contributed by atoms with Crippen molar-refractivity contribution < 1.29 is 13.9 Å². The molecule has 0 aliphatic carbocycles. The van der Waals surface area contributed by atoms with E-state index in [4.69, 9.17) is 4.74 Å². The Kier molecular flexibility index (Phi) is 6.49. The molecule has 2 aromatic rings. The Morgan fingerprint density at radius 3 is 2.33 bits per heavy atom. The maximum atomic E-state index is 12.9. The van der Waals surface area contributed by atoms with Crippen LogP contribution < -0.4 is 20.3 Å². The molecule has 1 fully saturated rings. The van der Waals surface area contributed by atoms with E-state index in [1.54, 1.807) is 7.11 Å². The smallest absolute Gasteiger partial charge is 0.319 e. The number of nitrogens with one attached hydrogen (secondary N) is 2. The average molecular weight is 372 g/mol. The second-order valence-electron chi connectivity index (χ2n) is 6.41. The first kappa shape index (κ1) is 19.0. The number of halogens is 1. The second kappa shape index (κ2) is 9.23. The molecule has 144 valence electrons. The number of anilines is 2. The highest BCUT2D eigenvalue weighted by molar-refractivity contribution is 5.89. The molecule has 2 N–H and O–H groups in total. The minimum absolute atomic E-state index is 0.279. The number of nitrogens with zero attached hydrogens (tertiary/aromatic N) is 2. The summed E-state index contributed by atoms with van der Waals surface area (Å²) in [5.74, 6) is 0.539. The van der Waals surface area contributed by atoms with E-state index in [2.05, 4.69) is 32.6 Å². The fraction of sp³-hybridized carbons (Fsp3) is 0.350. The molecule has 0 saturated carbocycles. The largest absolute Gasteiger partial charge is 0.497 e. The zero-order chi connectivity index (χ0) is 19.1. The molecule has 6 nitrogen and oxygen atoms in total. The first-order chi connectivity index (χ1) is 13.1. The average Bonchev–Trinajstić information content (AvgIpc) is 2.70. The van der Waals surface area contributed by atoms with E-state index < -0.39 is 0 Å². The molecule has 2 aromatic carbocycles. The number of amides is 2. The Bertz CT molecular complexity index is 729. The lowest BCUT2D eigenvalue weighted by molar-refractivity contribution is 0.240. The maximum Gasteiger partial charge on any atom is 0.319 e. The standard InChI is InChI=1S/C20H25FN4O2/c1-27-19-8-6-18(7-9-19)25-14-12-24(13-15-25)11-10-22-20(26)23-17-4-2-16(21)3-5-17/h2-9H,10-15H2,1H3,(H2,22,23,26). The highest BCUT2D eigenvalue weighted by Crippen LogP contribution is 2.20. The highest BCUT2D eigenvalue weighted by Gasteiger charge is 2.17. The Hall–Kier alpha value is -2.80. The van der Waals surface area contributed by atoms with Gasteiger partial charge in [0.1, 0.15) is 11.6 Å². The number of piperazine rings is 1. The van der Waals surface area contributed by atoms with Gasteiger partial charge >= 0.3 is 6.03 Å². The Morgan fingerprint density at radius 2 is 1.70 bits per heavy atom. The van der Waals surface area contributed by atoms with Gasteiger partial charge in [0.05, 0.1) is 7.11 Å². The van der Waals surface area contributed by atoms with Crippen LogP contribution in [0.2, 0.25) is 0 Å². The molecule has 0 bridgehead atoms. The van der Waals surface area contributed by atoms with Crippen molar-refractivity contribution >= 4 is 17.4 Å². The fourth-order valence-corrected chi connectivity index (χ4v) is 3.06. The molecule has 0 radical (unpaired) electrons. The number of urea groups is 1. The SMILES string of the molecule is COc1ccc(N2CCN(CCNC(=O)Nc3ccc(F)cc3)CC2)cc1. The van der Waals surface area contributed by atoms with E-state index in [1.165, 1.54) is 30.0 Å². The number of ether oxygens (including phenoxy) is 1. The van der Waals surface area contributed by atoms with Crippen molar-refractivity contribution in [1.29, 1.82) is 0 Å². The molecule has 0 spiro atoms. The minimum atomic E-state index is -0.324. The van der Waals surface area contributed by atoms with Crippen LogP contribution in [-0.4, -0.2) is 57.3 Å². The van der Waals surface area contributed by atoms with Crippen molar-refractivity contribution in [2.75, 3.05) is 56.6 Å². The number of methoxy groups -OCH3 is 1. The first-order valence-electron chi connectivity index (χ1n) is 9.06. The van der Waals surface area contributed by atoms with Crippen LogP contribution in [0.4, 0.5) is 20.6 Å². The van der Waals surface area contributed by atoms with Crippen molar-refractivity contribution in [3.05, 3.63) is 54.3 Å². The fourth-order valence-electron chi connectivity index (χ4n) is 3.06. The number of hydrogen-bond donors (Lipinski definition) is 2. The normalized spacial score (nSPS) is 14.7. The molecule has 1 saturated heterocycles. The van der Waals surface area contributed by atoms with Crippen LogP contribution in [0.1, 0.15) is 0 Å². The quantitative estimate of drug-likeness (QED) is 0.819. The van der Waals surface area contributed by atoms with Gasteiger partial charge in [-0.1, -0.05) is 0 Å². The summed E-state index contributed by atoms with van der Waals surface area (Å²) in [7, 11) is 1.67. The van der Waals surface area contributed by atoms with E-state index in [-0.39, 0.29) is 11.8 Å². The lowest BCUT2D eigenvalue weighted by atomic mass is 10.2. The second-order valence-corrected chi connectivity index (χ2v) is 6.41. The molecule has 7 heteroatoms. The number of hydrogen-bond acceptors (Lipinski definition) is 4. The third-order valence-corrected chi connectivity index (χ3v) is 4.63. The van der Waals surface area contributed by atoms with E-state index in [0.29, 0.717) is 12.2 Å². The van der Waals surface area contributed by atoms with Gasteiger partial charge < -0.3 is 20.3 Å². The Morgan fingerprint density at radius 1 is 1.04 bits per heavy atom. The lowest BCUT2D eigenvalue weighted by Gasteiger charge is -2.36. The summed E-state index contributed by atoms with van der Waals surface area (Å²) in [5.41, 5.74) is 1.77. The van der Waals surface area contributed by atoms with Gasteiger partial charge in [-0.25, -0.2) is 9.18 Å². The van der Waals surface area contributed by atoms with Crippen LogP contribution in [0.3, 0.4) is 0 Å². The molecule has 0 aromatic heterocycles. The summed E-state index contributed by atoms with van der Waals surface area (Å²) >= 11 is 0. The first-order valence-corrected chi connectivity index (χ1v) is 9.06. The summed E-state index contributed by atoms with van der Waals surface area (Å²) in [6.07, 6.45) is 0. The summed E-state index contributed by atoms with van der Waals surface area (Å²) in [4.78, 5) is 16.6. The van der Waals surface area contributed by atoms with Gasteiger partial charge in [-0.3, -0.25) is 4.90 Å². The molecule has 3 rings (SSSR count). The van der Waals surface area contributed by atoms with Crippen molar-refractivity contribution in [3.63, 3.8) is 0 Å². The van der Waals surface area contributed by atoms with Crippen LogP contribution >= 0.6 is 0 Å². The predicted octanol–water partition coefficient (Wildman–Crippen LogP) is 2.78. The molecular formula is C20H25FN4O2. The zero-order valence-corrected chi connectivity index (χ0v) is 15.5. The minimum Gasteiger partial charge on any atom is -0.497 e. The summed E-state index contributed by atoms with van der Waals surface area (Å²) in [6.45, 7) is 5.17. The van der Waals surface area contributed by atoms with Crippen molar-refractivity contribution in [2.45, 2.75) is 0 Å². The van der Waals surface area contributed by atoms with E-state index in [9.17, 15) is 9.18 Å². The van der Waals surface area contributed by atoms with E-state index in [1.807, 2.05) is 12.1 Å². The Balaban J connectivity index is 1.35. The molecule has 1 aliphatic heterocycles. The molecule has 27 heavy (non-hydrogen) atoms. The third-order valence-electron chi connectivity index (χ3n) is 4.63. The van der Waals surface area contributed by atoms with E-state index >= 15 is 0 Å². The molecular weight excluding hydrogens is 347 g/mol. The highest BCUT2D eigenvalue weighted by atomic mass is 19.1. The summed E-state index contributed by atoms with van der Waals surface area (Å²) in [5, 5.41) is 5.53. The van der Waals surface area contributed by atoms with Crippen molar-refractivity contribution in [1.82, 2.24) is 10.2 Å². The van der Waals surface area contributed by atoms with Crippen LogP contribution in [0, 0.1) is 5.82 Å². The van der Waals surface area contributed by atoms with Gasteiger partial charge in [0.15, 0.2) is 0 Å². The van der Waals surface area contributed by atoms with Crippen LogP contribution in [-0.2, 0) is 0 Å². The molecule has 0 atom stereocenters. The number of benzene rings is 2. The van der Waals surface area contributed by atoms with E-state index in [0.717, 1.165) is 38.5 Å². The Labute approximate surface area is 158 Å². The maximum absolute atomic E-state index is 12.9. The molecule has 1 heterocycles. The van der Waals surface area contributed by atoms with Gasteiger partial charge in [-0.2, -0.15) is 0 Å². The molecule has 1 aliphatic rings. The zero-order valence-electron chi connectivity index (χ0n) is 15.5. The lowest BCUT2D eigenvalue weighted by Crippen LogP contribution is -2.48.